The van der Waals surface area contributed by atoms with Gasteiger partial charge in [-0.05, 0) is 26.0 Å². The van der Waals surface area contributed by atoms with Gasteiger partial charge in [0.25, 0.3) is 0 Å². The molecule has 1 aliphatic heterocycles. The van der Waals surface area contributed by atoms with Crippen LogP contribution in [0.1, 0.15) is 25.8 Å². The monoisotopic (exact) mass is 475 g/mol. The summed E-state index contributed by atoms with van der Waals surface area (Å²) in [5, 5.41) is 23.9. The van der Waals surface area contributed by atoms with Crippen molar-refractivity contribution >= 4 is 12.0 Å². The zero-order valence-electron chi connectivity index (χ0n) is 18.3. The predicted octanol–water partition coefficient (Wildman–Crippen LogP) is 1.47. The molecule has 184 valence electrons. The molecule has 2 aliphatic rings. The third kappa shape index (κ3) is 5.67. The van der Waals surface area contributed by atoms with E-state index in [4.69, 9.17) is 18.9 Å². The second-order valence-corrected chi connectivity index (χ2v) is 7.80. The second-order valence-electron chi connectivity index (χ2n) is 7.80. The Morgan fingerprint density at radius 2 is 1.91 bits per heavy atom. The van der Waals surface area contributed by atoms with Crippen LogP contribution in [0.2, 0.25) is 0 Å². The van der Waals surface area contributed by atoms with Crippen molar-refractivity contribution in [2.45, 2.75) is 56.8 Å². The first-order chi connectivity index (χ1) is 15.8. The number of benzene rings is 1. The summed E-state index contributed by atoms with van der Waals surface area (Å²) in [6.07, 6.45) is -3.84. The van der Waals surface area contributed by atoms with E-state index in [2.05, 4.69) is 5.32 Å². The van der Waals surface area contributed by atoms with Crippen LogP contribution in [0.5, 0.6) is 5.75 Å². The SMILES string of the molecule is CCO[C@@H]1[C@@H](O)[C@H]2OCO[C@H]2[C@H](O)[C@@H]1NC(=O)/C(C)=C/c1cc(F)c(OCCCF)cc1F. The van der Waals surface area contributed by atoms with Gasteiger partial charge in [-0.3, -0.25) is 9.18 Å². The lowest BCUT2D eigenvalue weighted by Gasteiger charge is -2.43. The summed E-state index contributed by atoms with van der Waals surface area (Å²) in [5.41, 5.74) is -0.182. The molecule has 11 heteroatoms. The lowest BCUT2D eigenvalue weighted by Crippen LogP contribution is -2.68. The topological polar surface area (TPSA) is 106 Å². The molecule has 2 fully saturated rings. The van der Waals surface area contributed by atoms with Crippen LogP contribution < -0.4 is 10.1 Å². The standard InChI is InChI=1S/C22H28F3NO7/c1-3-30-19-16(17(27)20-21(18(19)28)33-10-32-20)26-22(29)11(2)7-12-8-14(25)15(9-13(12)24)31-6-4-5-23/h7-9,16-21,27-28H,3-6,10H2,1-2H3,(H,26,29)/b11-7+/t16-,17+,18+,19-,20-,21+/m0/s1. The number of halogens is 3. The van der Waals surface area contributed by atoms with Gasteiger partial charge in [0.2, 0.25) is 5.91 Å². The summed E-state index contributed by atoms with van der Waals surface area (Å²) in [6.45, 7) is 2.44. The Morgan fingerprint density at radius 1 is 1.21 bits per heavy atom. The third-order valence-electron chi connectivity index (χ3n) is 5.55. The maximum absolute atomic E-state index is 14.4. The highest BCUT2D eigenvalue weighted by atomic mass is 19.1. The van der Waals surface area contributed by atoms with Crippen LogP contribution in [-0.4, -0.2) is 79.4 Å². The van der Waals surface area contributed by atoms with E-state index < -0.39 is 60.8 Å². The van der Waals surface area contributed by atoms with E-state index in [-0.39, 0.29) is 43.3 Å². The molecule has 0 aromatic heterocycles. The highest BCUT2D eigenvalue weighted by molar-refractivity contribution is 5.97. The van der Waals surface area contributed by atoms with Gasteiger partial charge in [-0.25, -0.2) is 8.78 Å². The van der Waals surface area contributed by atoms with E-state index >= 15 is 0 Å². The number of aliphatic hydroxyl groups is 2. The number of hydrogen-bond acceptors (Lipinski definition) is 7. The van der Waals surface area contributed by atoms with Gasteiger partial charge in [-0.15, -0.1) is 0 Å². The number of carbonyl (C=O) groups is 1. The number of nitrogens with one attached hydrogen (secondary N) is 1. The van der Waals surface area contributed by atoms with Gasteiger partial charge in [0, 0.05) is 30.2 Å². The van der Waals surface area contributed by atoms with Crippen molar-refractivity contribution in [3.63, 3.8) is 0 Å². The Balaban J connectivity index is 1.75. The van der Waals surface area contributed by atoms with E-state index in [1.54, 1.807) is 6.92 Å². The Hall–Kier alpha value is -2.18. The van der Waals surface area contributed by atoms with Gasteiger partial charge in [-0.1, -0.05) is 0 Å². The van der Waals surface area contributed by atoms with Gasteiger partial charge in [-0.2, -0.15) is 0 Å². The summed E-state index contributed by atoms with van der Waals surface area (Å²) in [6, 6.07) is 0.661. The lowest BCUT2D eigenvalue weighted by atomic mass is 9.82. The number of aliphatic hydroxyl groups excluding tert-OH is 2. The molecule has 1 amide bonds. The molecule has 0 spiro atoms. The summed E-state index contributed by atoms with van der Waals surface area (Å²) >= 11 is 0. The van der Waals surface area contributed by atoms with Gasteiger partial charge >= 0.3 is 0 Å². The van der Waals surface area contributed by atoms with Crippen LogP contribution in [0.4, 0.5) is 13.2 Å². The van der Waals surface area contributed by atoms with Crippen molar-refractivity contribution in [1.82, 2.24) is 5.32 Å². The fourth-order valence-corrected chi connectivity index (χ4v) is 3.90. The maximum atomic E-state index is 14.4. The zero-order valence-corrected chi connectivity index (χ0v) is 18.3. The molecule has 6 atom stereocenters. The second kappa shape index (κ2) is 11.3. The molecule has 3 N–H and O–H groups in total. The quantitative estimate of drug-likeness (QED) is 0.367. The Labute approximate surface area is 189 Å². The molecule has 1 saturated heterocycles. The Kier molecular flexibility index (Phi) is 8.71. The average molecular weight is 475 g/mol. The van der Waals surface area contributed by atoms with Crippen LogP contribution in [0.3, 0.4) is 0 Å². The van der Waals surface area contributed by atoms with Crippen LogP contribution in [0.25, 0.3) is 6.08 Å². The minimum Gasteiger partial charge on any atom is -0.490 e. The maximum Gasteiger partial charge on any atom is 0.247 e. The third-order valence-corrected chi connectivity index (χ3v) is 5.55. The molecule has 1 aromatic rings. The smallest absolute Gasteiger partial charge is 0.247 e. The summed E-state index contributed by atoms with van der Waals surface area (Å²) in [7, 11) is 0. The number of rotatable bonds is 9. The van der Waals surface area contributed by atoms with E-state index in [0.717, 1.165) is 18.2 Å². The minimum absolute atomic E-state index is 0.0158. The van der Waals surface area contributed by atoms with Crippen molar-refractivity contribution in [1.29, 1.82) is 0 Å². The molecule has 33 heavy (non-hydrogen) atoms. The van der Waals surface area contributed by atoms with E-state index in [9.17, 15) is 28.2 Å². The first-order valence-electron chi connectivity index (χ1n) is 10.7. The van der Waals surface area contributed by atoms with Crippen molar-refractivity contribution < 1.29 is 47.1 Å². The normalized spacial score (nSPS) is 29.6. The van der Waals surface area contributed by atoms with Gasteiger partial charge in [0.1, 0.15) is 43.1 Å². The Morgan fingerprint density at radius 3 is 2.58 bits per heavy atom. The number of fused-ring (bicyclic) bond motifs is 1. The van der Waals surface area contributed by atoms with E-state index in [1.807, 2.05) is 0 Å². The predicted molar refractivity (Wildman–Crippen MR) is 110 cm³/mol. The first kappa shape index (κ1) is 25.4. The van der Waals surface area contributed by atoms with Crippen molar-refractivity contribution in [3.05, 3.63) is 34.9 Å². The number of carbonyl (C=O) groups excluding carboxylic acids is 1. The molecular weight excluding hydrogens is 447 g/mol. The van der Waals surface area contributed by atoms with E-state index in [1.165, 1.54) is 6.92 Å². The van der Waals surface area contributed by atoms with Crippen LogP contribution in [-0.2, 0) is 19.0 Å². The number of alkyl halides is 1. The summed E-state index contributed by atoms with van der Waals surface area (Å²) in [5.74, 6) is -2.73. The van der Waals surface area contributed by atoms with Crippen LogP contribution in [0, 0.1) is 11.6 Å². The van der Waals surface area contributed by atoms with Crippen molar-refractivity contribution in [2.24, 2.45) is 0 Å². The molecule has 8 nitrogen and oxygen atoms in total. The molecule has 0 radical (unpaired) electrons. The number of hydrogen-bond donors (Lipinski definition) is 3. The summed E-state index contributed by atoms with van der Waals surface area (Å²) in [4.78, 5) is 12.8. The van der Waals surface area contributed by atoms with Crippen molar-refractivity contribution in [3.8, 4) is 5.75 Å². The van der Waals surface area contributed by atoms with Crippen molar-refractivity contribution in [2.75, 3.05) is 26.7 Å². The van der Waals surface area contributed by atoms with Crippen LogP contribution in [0.15, 0.2) is 17.7 Å². The average Bonchev–Trinajstić information content (AvgIpc) is 3.28. The molecule has 1 aliphatic carbocycles. The highest BCUT2D eigenvalue weighted by Gasteiger charge is 2.54. The highest BCUT2D eigenvalue weighted by Crippen LogP contribution is 2.32. The minimum atomic E-state index is -1.23. The van der Waals surface area contributed by atoms with Gasteiger partial charge < -0.3 is 34.5 Å². The lowest BCUT2D eigenvalue weighted by molar-refractivity contribution is -0.170. The molecule has 0 unspecified atom stereocenters. The molecule has 1 heterocycles. The van der Waals surface area contributed by atoms with E-state index in [0.29, 0.717) is 0 Å². The number of ether oxygens (including phenoxy) is 4. The Bertz CT molecular complexity index is 869. The van der Waals surface area contributed by atoms with Gasteiger partial charge in [0.15, 0.2) is 11.6 Å². The molecule has 1 saturated carbocycles. The fraction of sp³-hybridized carbons (Fsp3) is 0.591. The fourth-order valence-electron chi connectivity index (χ4n) is 3.90. The molecule has 1 aromatic carbocycles. The molecule has 0 bridgehead atoms. The van der Waals surface area contributed by atoms with Gasteiger partial charge in [0.05, 0.1) is 19.3 Å². The largest absolute Gasteiger partial charge is 0.490 e. The first-order valence-corrected chi connectivity index (χ1v) is 10.7. The zero-order chi connectivity index (χ0) is 24.1. The molecule has 3 rings (SSSR count). The van der Waals surface area contributed by atoms with Crippen LogP contribution >= 0.6 is 0 Å². The molecular formula is C22H28F3NO7. The summed E-state index contributed by atoms with van der Waals surface area (Å²) < 4.78 is 62.0. The number of amides is 1.